The molecule has 1 atom stereocenters. The lowest BCUT2D eigenvalue weighted by molar-refractivity contribution is -0.137. The summed E-state index contributed by atoms with van der Waals surface area (Å²) in [7, 11) is 1.70. The molecule has 1 aromatic heterocycles. The van der Waals surface area contributed by atoms with Crippen molar-refractivity contribution in [3.63, 3.8) is 0 Å². The molecule has 2 heterocycles. The summed E-state index contributed by atoms with van der Waals surface area (Å²) < 4.78 is 42.0. The molecule has 1 aliphatic carbocycles. The first kappa shape index (κ1) is 25.7. The number of hydrogen-bond acceptors (Lipinski definition) is 5. The average molecular weight is 534 g/mol. The van der Waals surface area contributed by atoms with Gasteiger partial charge in [-0.3, -0.25) is 14.4 Å². The van der Waals surface area contributed by atoms with Crippen LogP contribution in [0.3, 0.4) is 0 Å². The van der Waals surface area contributed by atoms with Crippen LogP contribution in [-0.2, 0) is 24.6 Å². The SMILES string of the molecule is Cn1ccc(CNC(=O)N2C(=O)N(c3cccc(C(F)(F)F)c3)C3=C(C(=O)CC3)C2c2ccc(C#N)cc2)n1. The molecule has 0 saturated heterocycles. The molecule has 0 bridgehead atoms. The summed E-state index contributed by atoms with van der Waals surface area (Å²) >= 11 is 0. The van der Waals surface area contributed by atoms with E-state index in [0.717, 1.165) is 21.9 Å². The Morgan fingerprint density at radius 3 is 2.51 bits per heavy atom. The van der Waals surface area contributed by atoms with Gasteiger partial charge in [-0.2, -0.15) is 23.5 Å². The van der Waals surface area contributed by atoms with Crippen LogP contribution in [0, 0.1) is 11.3 Å². The smallest absolute Gasteiger partial charge is 0.332 e. The highest BCUT2D eigenvalue weighted by Gasteiger charge is 2.48. The summed E-state index contributed by atoms with van der Waals surface area (Å²) in [5, 5.41) is 16.0. The lowest BCUT2D eigenvalue weighted by Gasteiger charge is -2.41. The number of Topliss-reactive ketones (excluding diaryl/α,β-unsaturated/α-hetero) is 1. The van der Waals surface area contributed by atoms with Crippen LogP contribution in [-0.4, -0.2) is 32.5 Å². The zero-order valence-corrected chi connectivity index (χ0v) is 20.6. The summed E-state index contributed by atoms with van der Waals surface area (Å²) in [4.78, 5) is 42.6. The van der Waals surface area contributed by atoms with Crippen molar-refractivity contribution in [3.05, 3.63) is 94.4 Å². The maximum absolute atomic E-state index is 14.0. The molecule has 39 heavy (non-hydrogen) atoms. The minimum Gasteiger partial charge on any atom is -0.332 e. The molecule has 1 N–H and O–H groups in total. The Labute approximate surface area is 220 Å². The molecular formula is C27H21F3N6O3. The van der Waals surface area contributed by atoms with Crippen molar-refractivity contribution < 1.29 is 27.6 Å². The summed E-state index contributed by atoms with van der Waals surface area (Å²) in [6.07, 6.45) is -2.84. The topological polar surface area (TPSA) is 111 Å². The van der Waals surface area contributed by atoms with Crippen LogP contribution in [0.2, 0.25) is 0 Å². The number of aryl methyl sites for hydroxylation is 1. The monoisotopic (exact) mass is 534 g/mol. The third-order valence-electron chi connectivity index (χ3n) is 6.59. The Morgan fingerprint density at radius 2 is 1.87 bits per heavy atom. The van der Waals surface area contributed by atoms with E-state index in [1.165, 1.54) is 28.9 Å². The van der Waals surface area contributed by atoms with E-state index in [2.05, 4.69) is 10.4 Å². The van der Waals surface area contributed by atoms with Gasteiger partial charge in [0.15, 0.2) is 5.78 Å². The first-order valence-electron chi connectivity index (χ1n) is 11.9. The molecule has 0 radical (unpaired) electrons. The van der Waals surface area contributed by atoms with Gasteiger partial charge in [-0.05, 0) is 48.4 Å². The van der Waals surface area contributed by atoms with Crippen molar-refractivity contribution in [1.82, 2.24) is 20.0 Å². The highest BCUT2D eigenvalue weighted by molar-refractivity contribution is 6.12. The predicted octanol–water partition coefficient (Wildman–Crippen LogP) is 4.82. The van der Waals surface area contributed by atoms with E-state index in [-0.39, 0.29) is 42.1 Å². The number of amides is 4. The molecule has 2 aliphatic rings. The Balaban J connectivity index is 1.63. The van der Waals surface area contributed by atoms with E-state index in [9.17, 15) is 32.8 Å². The standard InChI is InChI=1S/C27H21F3N6O3/c1-34-12-11-19(33-34)15-32-25(38)36-24(17-7-5-16(14-31)6-8-17)23-21(9-10-22(23)37)35(26(36)39)20-4-2-3-18(13-20)27(28,29)30/h2-8,11-13,24H,9-10,15H2,1H3,(H,32,38). The van der Waals surface area contributed by atoms with Crippen molar-refractivity contribution in [1.29, 1.82) is 5.26 Å². The van der Waals surface area contributed by atoms with Gasteiger partial charge >= 0.3 is 18.2 Å². The fraction of sp³-hybridized carbons (Fsp3) is 0.222. The number of allylic oxidation sites excluding steroid dienone is 1. The largest absolute Gasteiger partial charge is 0.416 e. The number of carbonyl (C=O) groups excluding carboxylic acids is 3. The van der Waals surface area contributed by atoms with Gasteiger partial charge in [0.2, 0.25) is 0 Å². The lowest BCUT2D eigenvalue weighted by atomic mass is 9.92. The average Bonchev–Trinajstić information content (AvgIpc) is 3.51. The van der Waals surface area contributed by atoms with E-state index < -0.39 is 29.8 Å². The second-order valence-electron chi connectivity index (χ2n) is 9.10. The first-order valence-corrected chi connectivity index (χ1v) is 11.9. The molecule has 1 unspecified atom stereocenters. The molecule has 0 saturated carbocycles. The summed E-state index contributed by atoms with van der Waals surface area (Å²) in [6, 6.07) is 11.1. The van der Waals surface area contributed by atoms with Crippen LogP contribution in [0.15, 0.2) is 72.1 Å². The number of imide groups is 1. The molecule has 4 amide bonds. The molecule has 3 aromatic rings. The summed E-state index contributed by atoms with van der Waals surface area (Å²) in [5.74, 6) is -0.327. The van der Waals surface area contributed by atoms with Gasteiger partial charge < -0.3 is 5.32 Å². The van der Waals surface area contributed by atoms with E-state index in [1.807, 2.05) is 6.07 Å². The number of hydrogen-bond donors (Lipinski definition) is 1. The van der Waals surface area contributed by atoms with E-state index in [1.54, 1.807) is 31.4 Å². The molecule has 9 nitrogen and oxygen atoms in total. The third-order valence-corrected chi connectivity index (χ3v) is 6.59. The van der Waals surface area contributed by atoms with E-state index >= 15 is 0 Å². The number of nitrogens with one attached hydrogen (secondary N) is 1. The van der Waals surface area contributed by atoms with Crippen LogP contribution in [0.25, 0.3) is 0 Å². The van der Waals surface area contributed by atoms with Gasteiger partial charge in [0.25, 0.3) is 0 Å². The van der Waals surface area contributed by atoms with Crippen LogP contribution >= 0.6 is 0 Å². The summed E-state index contributed by atoms with van der Waals surface area (Å²) in [5.41, 5.74) is 0.554. The van der Waals surface area contributed by atoms with Gasteiger partial charge in [-0.25, -0.2) is 14.5 Å². The van der Waals surface area contributed by atoms with Crippen LogP contribution in [0.5, 0.6) is 0 Å². The minimum absolute atomic E-state index is 0.0313. The second-order valence-corrected chi connectivity index (χ2v) is 9.10. The van der Waals surface area contributed by atoms with Crippen molar-refractivity contribution >= 4 is 23.5 Å². The zero-order chi connectivity index (χ0) is 27.9. The molecule has 12 heteroatoms. The number of anilines is 1. The van der Waals surface area contributed by atoms with E-state index in [4.69, 9.17) is 0 Å². The summed E-state index contributed by atoms with van der Waals surface area (Å²) in [6.45, 7) is -0.0348. The number of aromatic nitrogens is 2. The first-order chi connectivity index (χ1) is 18.6. The number of alkyl halides is 3. The number of nitriles is 1. The molecule has 0 spiro atoms. The maximum atomic E-state index is 14.0. The Hall–Kier alpha value is -4.92. The number of benzene rings is 2. The third kappa shape index (κ3) is 4.74. The molecule has 1 aliphatic heterocycles. The molecule has 0 fully saturated rings. The van der Waals surface area contributed by atoms with Crippen molar-refractivity contribution in [3.8, 4) is 6.07 Å². The predicted molar refractivity (Wildman–Crippen MR) is 132 cm³/mol. The van der Waals surface area contributed by atoms with Crippen molar-refractivity contribution in [2.75, 3.05) is 4.90 Å². The van der Waals surface area contributed by atoms with Gasteiger partial charge in [0.05, 0.1) is 41.2 Å². The Kier molecular flexibility index (Phi) is 6.43. The van der Waals surface area contributed by atoms with Crippen molar-refractivity contribution in [2.24, 2.45) is 7.05 Å². The number of urea groups is 2. The van der Waals surface area contributed by atoms with Crippen LogP contribution in [0.4, 0.5) is 28.4 Å². The highest BCUT2D eigenvalue weighted by atomic mass is 19.4. The number of nitrogens with zero attached hydrogens (tertiary/aromatic N) is 5. The van der Waals surface area contributed by atoms with E-state index in [0.29, 0.717) is 16.8 Å². The number of carbonyl (C=O) groups is 3. The second kappa shape index (κ2) is 9.75. The molecular weight excluding hydrogens is 513 g/mol. The quantitative estimate of drug-likeness (QED) is 0.516. The van der Waals surface area contributed by atoms with Gasteiger partial charge in [-0.15, -0.1) is 0 Å². The highest BCUT2D eigenvalue weighted by Crippen LogP contribution is 2.45. The minimum atomic E-state index is -4.66. The molecule has 2 aromatic carbocycles. The number of rotatable bonds is 4. The Bertz CT molecular complexity index is 1550. The molecule has 198 valence electrons. The van der Waals surface area contributed by atoms with Crippen LogP contribution in [0.1, 0.15) is 41.3 Å². The lowest BCUT2D eigenvalue weighted by Crippen LogP contribution is -2.55. The number of halogens is 3. The van der Waals surface area contributed by atoms with Gasteiger partial charge in [0, 0.05) is 30.9 Å². The van der Waals surface area contributed by atoms with Crippen molar-refractivity contribution in [2.45, 2.75) is 31.6 Å². The maximum Gasteiger partial charge on any atom is 0.416 e. The fourth-order valence-corrected chi connectivity index (χ4v) is 4.82. The zero-order valence-electron chi connectivity index (χ0n) is 20.6. The normalized spacial score (nSPS) is 17.4. The number of ketones is 1. The van der Waals surface area contributed by atoms with Gasteiger partial charge in [0.1, 0.15) is 0 Å². The fourth-order valence-electron chi connectivity index (χ4n) is 4.82. The Morgan fingerprint density at radius 1 is 1.13 bits per heavy atom. The molecule has 5 rings (SSSR count). The van der Waals surface area contributed by atoms with Gasteiger partial charge in [-0.1, -0.05) is 18.2 Å². The van der Waals surface area contributed by atoms with Crippen LogP contribution < -0.4 is 10.2 Å².